The number of likely N-dealkylation sites (N-methyl/N-ethyl adjacent to an activating group) is 1. The smallest absolute Gasteiger partial charge is 0.355 e. The molecule has 5 aromatic rings. The number of anilines is 3. The normalized spacial score (nSPS) is 15.0. The molecule has 12 nitrogen and oxygen atoms in total. The summed E-state index contributed by atoms with van der Waals surface area (Å²) in [6.07, 6.45) is 1.59. The monoisotopic (exact) mass is 649 g/mol. The van der Waals surface area contributed by atoms with Crippen LogP contribution in [0.15, 0.2) is 66.7 Å². The van der Waals surface area contributed by atoms with Gasteiger partial charge in [-0.2, -0.15) is 0 Å². The van der Waals surface area contributed by atoms with Gasteiger partial charge in [0.2, 0.25) is 0 Å². The van der Waals surface area contributed by atoms with E-state index < -0.39 is 11.9 Å². The van der Waals surface area contributed by atoms with Crippen LogP contribution in [-0.4, -0.2) is 87.8 Å². The third-order valence-electron chi connectivity index (χ3n) is 8.55. The second-order valence-electron chi connectivity index (χ2n) is 11.6. The molecule has 1 saturated heterocycles. The zero-order valence-electron chi connectivity index (χ0n) is 25.5. The number of fused-ring (bicyclic) bond motifs is 2. The first kappa shape index (κ1) is 30.3. The number of hydrogen-bond donors (Lipinski definition) is 3. The molecular weight excluding hydrogens is 618 g/mol. The number of carbonyl (C=O) groups is 3. The molecule has 3 aromatic heterocycles. The van der Waals surface area contributed by atoms with Crippen molar-refractivity contribution in [3.05, 3.63) is 83.7 Å². The van der Waals surface area contributed by atoms with Gasteiger partial charge >= 0.3 is 18.0 Å². The summed E-state index contributed by atoms with van der Waals surface area (Å²) in [5.74, 6) is -2.02. The van der Waals surface area contributed by atoms with Crippen molar-refractivity contribution in [2.24, 2.45) is 0 Å². The van der Waals surface area contributed by atoms with Crippen molar-refractivity contribution in [2.45, 2.75) is 12.8 Å². The van der Waals surface area contributed by atoms with Crippen molar-refractivity contribution in [3.63, 3.8) is 0 Å². The van der Waals surface area contributed by atoms with E-state index in [4.69, 9.17) is 0 Å². The summed E-state index contributed by atoms with van der Waals surface area (Å²) in [6, 6.07) is 19.6. The van der Waals surface area contributed by atoms with E-state index in [-0.39, 0.29) is 28.5 Å². The SMILES string of the molecule is CN1CCN(c2ccc(-c3ccc(-c4ccc5c(c4)N(C(=O)Nc4nc6ccccc6s4)CCC5)nc3C(=O)O)c(C(=O)O)n2)CC1. The number of aromatic carboxylic acids is 2. The third-order valence-corrected chi connectivity index (χ3v) is 9.50. The Morgan fingerprint density at radius 3 is 2.28 bits per heavy atom. The lowest BCUT2D eigenvalue weighted by atomic mass is 9.97. The molecule has 47 heavy (non-hydrogen) atoms. The highest BCUT2D eigenvalue weighted by molar-refractivity contribution is 7.22. The summed E-state index contributed by atoms with van der Waals surface area (Å²) in [7, 11) is 2.03. The van der Waals surface area contributed by atoms with Crippen molar-refractivity contribution in [3.8, 4) is 22.4 Å². The predicted octanol–water partition coefficient (Wildman–Crippen LogP) is 5.55. The number of carboxylic acid groups (broad SMARTS) is 2. The Hall–Kier alpha value is -5.40. The number of amides is 2. The van der Waals surface area contributed by atoms with Crippen LogP contribution in [0, 0.1) is 0 Å². The molecule has 1 fully saturated rings. The fourth-order valence-corrected chi connectivity index (χ4v) is 6.93. The van der Waals surface area contributed by atoms with Crippen LogP contribution in [0.25, 0.3) is 32.6 Å². The van der Waals surface area contributed by atoms with Gasteiger partial charge in [-0.05, 0) is 67.9 Å². The van der Waals surface area contributed by atoms with Crippen LogP contribution < -0.4 is 15.1 Å². The first-order valence-electron chi connectivity index (χ1n) is 15.2. The average Bonchev–Trinajstić information content (AvgIpc) is 3.50. The van der Waals surface area contributed by atoms with Crippen LogP contribution in [0.5, 0.6) is 0 Å². The Labute approximate surface area is 273 Å². The van der Waals surface area contributed by atoms with Gasteiger partial charge in [0.1, 0.15) is 5.82 Å². The van der Waals surface area contributed by atoms with Crippen LogP contribution in [0.4, 0.5) is 21.4 Å². The van der Waals surface area contributed by atoms with Crippen LogP contribution in [0.3, 0.4) is 0 Å². The Morgan fingerprint density at radius 2 is 1.53 bits per heavy atom. The number of benzene rings is 2. The van der Waals surface area contributed by atoms with E-state index in [1.54, 1.807) is 29.2 Å². The van der Waals surface area contributed by atoms with Crippen LogP contribution in [0.2, 0.25) is 0 Å². The third kappa shape index (κ3) is 5.98. The molecule has 2 aliphatic heterocycles. The molecule has 2 aromatic carbocycles. The zero-order chi connectivity index (χ0) is 32.7. The minimum atomic E-state index is -1.30. The summed E-state index contributed by atoms with van der Waals surface area (Å²) in [5.41, 5.74) is 3.34. The van der Waals surface area contributed by atoms with E-state index in [2.05, 4.69) is 25.2 Å². The molecular formula is C34H31N7O5S. The van der Waals surface area contributed by atoms with Crippen molar-refractivity contribution in [1.29, 1.82) is 0 Å². The number of thiazole rings is 1. The van der Waals surface area contributed by atoms with Gasteiger partial charge in [0, 0.05) is 55.1 Å². The molecule has 0 unspecified atom stereocenters. The van der Waals surface area contributed by atoms with Gasteiger partial charge in [-0.3, -0.25) is 10.2 Å². The van der Waals surface area contributed by atoms with Gasteiger partial charge in [-0.1, -0.05) is 35.6 Å². The number of rotatable bonds is 6. The Morgan fingerprint density at radius 1 is 0.809 bits per heavy atom. The van der Waals surface area contributed by atoms with Crippen LogP contribution in [0.1, 0.15) is 33.0 Å². The predicted molar refractivity (Wildman–Crippen MR) is 181 cm³/mol. The Kier molecular flexibility index (Phi) is 8.00. The summed E-state index contributed by atoms with van der Waals surface area (Å²) < 4.78 is 0.977. The van der Waals surface area contributed by atoms with E-state index in [0.29, 0.717) is 47.5 Å². The standard InChI is InChI=1S/C34H31N7O5S/c1-39-15-17-40(18-16-39)28-13-11-23(30(37-28)32(44)45)22-10-12-24(35-29(22)31(42)43)21-9-8-20-5-4-14-41(26(20)19-21)34(46)38-33-36-25-6-2-3-7-27(25)47-33/h2-3,6-13,19H,4-5,14-18H2,1H3,(H,42,43)(H,44,45)(H,36,38,46). The average molecular weight is 650 g/mol. The molecule has 0 aliphatic carbocycles. The van der Waals surface area contributed by atoms with E-state index >= 15 is 0 Å². The number of aromatic nitrogens is 3. The second-order valence-corrected chi connectivity index (χ2v) is 12.6. The van der Waals surface area contributed by atoms with Gasteiger partial charge < -0.3 is 20.0 Å². The fraction of sp³-hybridized carbons (Fsp3) is 0.235. The maximum absolute atomic E-state index is 13.5. The molecule has 13 heteroatoms. The molecule has 0 radical (unpaired) electrons. The lowest BCUT2D eigenvalue weighted by Crippen LogP contribution is -2.44. The minimum Gasteiger partial charge on any atom is -0.476 e. The topological polar surface area (TPSA) is 152 Å². The number of piperazine rings is 1. The van der Waals surface area contributed by atoms with Crippen LogP contribution >= 0.6 is 11.3 Å². The highest BCUT2D eigenvalue weighted by Crippen LogP contribution is 2.35. The minimum absolute atomic E-state index is 0.158. The van der Waals surface area contributed by atoms with E-state index in [1.807, 2.05) is 54.4 Å². The molecule has 0 bridgehead atoms. The van der Waals surface area contributed by atoms with Crippen molar-refractivity contribution in [2.75, 3.05) is 54.9 Å². The molecule has 2 amide bonds. The maximum atomic E-state index is 13.5. The molecule has 7 rings (SSSR count). The van der Waals surface area contributed by atoms with Crippen molar-refractivity contribution < 1.29 is 24.6 Å². The maximum Gasteiger partial charge on any atom is 0.355 e. The zero-order valence-corrected chi connectivity index (χ0v) is 26.3. The Bertz CT molecular complexity index is 2010. The molecule has 0 spiro atoms. The van der Waals surface area contributed by atoms with Gasteiger partial charge in [-0.15, -0.1) is 0 Å². The number of nitrogens with zero attached hydrogens (tertiary/aromatic N) is 6. The molecule has 238 valence electrons. The van der Waals surface area contributed by atoms with E-state index in [0.717, 1.165) is 41.7 Å². The van der Waals surface area contributed by atoms with Gasteiger partial charge in [0.15, 0.2) is 16.5 Å². The molecule has 5 heterocycles. The van der Waals surface area contributed by atoms with Crippen LogP contribution in [-0.2, 0) is 6.42 Å². The lowest BCUT2D eigenvalue weighted by molar-refractivity contribution is 0.0678. The summed E-state index contributed by atoms with van der Waals surface area (Å²) in [6.45, 7) is 3.58. The number of pyridine rings is 2. The lowest BCUT2D eigenvalue weighted by Gasteiger charge is -2.33. The summed E-state index contributed by atoms with van der Waals surface area (Å²) >= 11 is 1.40. The molecule has 0 saturated carbocycles. The Balaban J connectivity index is 1.20. The molecule has 0 atom stereocenters. The van der Waals surface area contributed by atoms with Crippen molar-refractivity contribution >= 4 is 56.2 Å². The number of carbonyl (C=O) groups excluding carboxylic acids is 1. The largest absolute Gasteiger partial charge is 0.476 e. The van der Waals surface area contributed by atoms with E-state index in [9.17, 15) is 24.6 Å². The number of nitrogens with one attached hydrogen (secondary N) is 1. The number of carboxylic acids is 2. The highest BCUT2D eigenvalue weighted by atomic mass is 32.1. The molecule has 2 aliphatic rings. The summed E-state index contributed by atoms with van der Waals surface area (Å²) in [4.78, 5) is 57.6. The summed E-state index contributed by atoms with van der Waals surface area (Å²) in [5, 5.41) is 23.7. The van der Waals surface area contributed by atoms with Gasteiger partial charge in [-0.25, -0.2) is 29.3 Å². The fourth-order valence-electron chi connectivity index (χ4n) is 6.07. The first-order valence-corrected chi connectivity index (χ1v) is 16.1. The first-order chi connectivity index (χ1) is 22.7. The van der Waals surface area contributed by atoms with Gasteiger partial charge in [0.05, 0.1) is 15.9 Å². The van der Waals surface area contributed by atoms with E-state index in [1.165, 1.54) is 11.3 Å². The number of para-hydroxylation sites is 1. The number of aryl methyl sites for hydroxylation is 1. The van der Waals surface area contributed by atoms with Gasteiger partial charge in [0.25, 0.3) is 0 Å². The quantitative estimate of drug-likeness (QED) is 0.213. The number of urea groups is 1. The molecule has 3 N–H and O–H groups in total. The second kappa shape index (κ2) is 12.4. The highest BCUT2D eigenvalue weighted by Gasteiger charge is 2.26. The number of hydrogen-bond acceptors (Lipinski definition) is 9. The van der Waals surface area contributed by atoms with Crippen molar-refractivity contribution in [1.82, 2.24) is 19.9 Å².